The average Bonchev–Trinajstić information content (AvgIpc) is 2.53. The Morgan fingerprint density at radius 3 is 2.52 bits per heavy atom. The second-order valence-electron chi connectivity index (χ2n) is 4.94. The molecule has 0 aliphatic rings. The van der Waals surface area contributed by atoms with Gasteiger partial charge in [0.2, 0.25) is 0 Å². The molecule has 0 aromatic carbocycles. The first-order chi connectivity index (χ1) is 10.3. The minimum absolute atomic E-state index is 0.717. The van der Waals surface area contributed by atoms with Gasteiger partial charge in [0.1, 0.15) is 18.0 Å². The van der Waals surface area contributed by atoms with Crippen LogP contribution in [0.15, 0.2) is 30.9 Å². The van der Waals surface area contributed by atoms with Gasteiger partial charge in [-0.15, -0.1) is 0 Å². The first-order valence-corrected chi connectivity index (χ1v) is 7.55. The van der Waals surface area contributed by atoms with E-state index in [4.69, 9.17) is 0 Å². The monoisotopic (exact) mass is 285 g/mol. The second-order valence-corrected chi connectivity index (χ2v) is 4.94. The molecule has 2 rings (SSSR count). The molecule has 2 aromatic rings. The molecule has 112 valence electrons. The third-order valence-electron chi connectivity index (χ3n) is 3.17. The highest BCUT2D eigenvalue weighted by molar-refractivity contribution is 5.57. The van der Waals surface area contributed by atoms with Crippen LogP contribution in [0.25, 0.3) is 0 Å². The standard InChI is InChI=1S/C16H23N5/c1-3-6-14-15(18-8-4-2)20-12-21-16(14)19-11-13-7-5-9-17-10-13/h5,7,9-10,12H,3-4,6,8,11H2,1-2H3,(H2,18,19,20,21). The molecule has 0 bridgehead atoms. The van der Waals surface area contributed by atoms with Crippen molar-refractivity contribution in [3.63, 3.8) is 0 Å². The van der Waals surface area contributed by atoms with Crippen molar-refractivity contribution in [2.24, 2.45) is 0 Å². The maximum absolute atomic E-state index is 4.40. The Morgan fingerprint density at radius 2 is 1.86 bits per heavy atom. The fraction of sp³-hybridized carbons (Fsp3) is 0.438. The number of nitrogens with one attached hydrogen (secondary N) is 2. The highest BCUT2D eigenvalue weighted by atomic mass is 15.1. The second kappa shape index (κ2) is 8.19. The van der Waals surface area contributed by atoms with Gasteiger partial charge in [-0.2, -0.15) is 0 Å². The molecular formula is C16H23N5. The molecule has 0 atom stereocenters. The number of rotatable bonds is 8. The summed E-state index contributed by atoms with van der Waals surface area (Å²) < 4.78 is 0. The van der Waals surface area contributed by atoms with Crippen LogP contribution in [0.4, 0.5) is 11.6 Å². The Morgan fingerprint density at radius 1 is 1.05 bits per heavy atom. The van der Waals surface area contributed by atoms with Crippen LogP contribution < -0.4 is 10.6 Å². The van der Waals surface area contributed by atoms with E-state index < -0.39 is 0 Å². The van der Waals surface area contributed by atoms with Gasteiger partial charge in [-0.1, -0.05) is 26.3 Å². The summed E-state index contributed by atoms with van der Waals surface area (Å²) in [4.78, 5) is 12.9. The van der Waals surface area contributed by atoms with Crippen LogP contribution in [0.2, 0.25) is 0 Å². The van der Waals surface area contributed by atoms with Gasteiger partial charge in [0.25, 0.3) is 0 Å². The Bertz CT molecular complexity index is 542. The van der Waals surface area contributed by atoms with Gasteiger partial charge in [-0.05, 0) is 24.5 Å². The van der Waals surface area contributed by atoms with Crippen LogP contribution in [-0.4, -0.2) is 21.5 Å². The van der Waals surface area contributed by atoms with E-state index in [0.29, 0.717) is 0 Å². The predicted octanol–water partition coefficient (Wildman–Crippen LogP) is 3.26. The Labute approximate surface area is 126 Å². The summed E-state index contributed by atoms with van der Waals surface area (Å²) in [5.41, 5.74) is 2.30. The molecule has 0 aliphatic heterocycles. The van der Waals surface area contributed by atoms with Crippen molar-refractivity contribution in [3.8, 4) is 0 Å². The maximum atomic E-state index is 4.40. The van der Waals surface area contributed by atoms with E-state index in [1.165, 1.54) is 0 Å². The molecule has 0 fully saturated rings. The largest absolute Gasteiger partial charge is 0.370 e. The molecule has 21 heavy (non-hydrogen) atoms. The van der Waals surface area contributed by atoms with Crippen LogP contribution in [0.3, 0.4) is 0 Å². The zero-order valence-corrected chi connectivity index (χ0v) is 12.8. The predicted molar refractivity (Wildman–Crippen MR) is 86.4 cm³/mol. The zero-order chi connectivity index (χ0) is 14.9. The van der Waals surface area contributed by atoms with E-state index in [1.54, 1.807) is 12.5 Å². The van der Waals surface area contributed by atoms with Crippen molar-refractivity contribution in [2.75, 3.05) is 17.2 Å². The molecule has 0 amide bonds. The highest BCUT2D eigenvalue weighted by Gasteiger charge is 2.10. The highest BCUT2D eigenvalue weighted by Crippen LogP contribution is 2.22. The number of anilines is 2. The topological polar surface area (TPSA) is 62.7 Å². The molecule has 5 nitrogen and oxygen atoms in total. The summed E-state index contributed by atoms with van der Waals surface area (Å²) in [6.45, 7) is 5.96. The van der Waals surface area contributed by atoms with Crippen LogP contribution in [0.1, 0.15) is 37.8 Å². The van der Waals surface area contributed by atoms with Crippen LogP contribution in [0.5, 0.6) is 0 Å². The van der Waals surface area contributed by atoms with E-state index >= 15 is 0 Å². The van der Waals surface area contributed by atoms with Gasteiger partial charge in [0.05, 0.1) is 0 Å². The maximum Gasteiger partial charge on any atom is 0.134 e. The Kier molecular flexibility index (Phi) is 5.94. The summed E-state index contributed by atoms with van der Waals surface area (Å²) in [6, 6.07) is 4.00. The van der Waals surface area contributed by atoms with Crippen molar-refractivity contribution in [1.82, 2.24) is 15.0 Å². The lowest BCUT2D eigenvalue weighted by molar-refractivity contribution is 0.886. The fourth-order valence-electron chi connectivity index (χ4n) is 2.14. The van der Waals surface area contributed by atoms with Crippen LogP contribution >= 0.6 is 0 Å². The lowest BCUT2D eigenvalue weighted by atomic mass is 10.1. The van der Waals surface area contributed by atoms with Crippen molar-refractivity contribution in [3.05, 3.63) is 42.0 Å². The molecule has 0 aliphatic carbocycles. The van der Waals surface area contributed by atoms with Gasteiger partial charge in [0.15, 0.2) is 0 Å². The molecular weight excluding hydrogens is 262 g/mol. The van der Waals surface area contributed by atoms with Gasteiger partial charge >= 0.3 is 0 Å². The van der Waals surface area contributed by atoms with Gasteiger partial charge in [-0.25, -0.2) is 9.97 Å². The lowest BCUT2D eigenvalue weighted by Gasteiger charge is -2.14. The zero-order valence-electron chi connectivity index (χ0n) is 12.8. The summed E-state index contributed by atoms with van der Waals surface area (Å²) in [7, 11) is 0. The van der Waals surface area contributed by atoms with Crippen molar-refractivity contribution >= 4 is 11.6 Å². The third-order valence-corrected chi connectivity index (χ3v) is 3.17. The molecule has 0 saturated carbocycles. The van der Waals surface area contributed by atoms with Crippen LogP contribution in [0, 0.1) is 0 Å². The normalized spacial score (nSPS) is 10.4. The molecule has 5 heteroatoms. The minimum Gasteiger partial charge on any atom is -0.370 e. The number of nitrogens with zero attached hydrogens (tertiary/aromatic N) is 3. The minimum atomic E-state index is 0.717. The Balaban J connectivity index is 2.13. The molecule has 2 N–H and O–H groups in total. The van der Waals surface area contributed by atoms with Gasteiger partial charge < -0.3 is 10.6 Å². The van der Waals surface area contributed by atoms with E-state index in [9.17, 15) is 0 Å². The molecule has 0 spiro atoms. The summed E-state index contributed by atoms with van der Waals surface area (Å²) >= 11 is 0. The molecule has 0 saturated heterocycles. The quantitative estimate of drug-likeness (QED) is 0.779. The number of pyridine rings is 1. The summed E-state index contributed by atoms with van der Waals surface area (Å²) in [5, 5.41) is 6.78. The fourth-order valence-corrected chi connectivity index (χ4v) is 2.14. The van der Waals surface area contributed by atoms with Gasteiger partial charge in [0, 0.05) is 31.0 Å². The van der Waals surface area contributed by atoms with Crippen molar-refractivity contribution in [2.45, 2.75) is 39.7 Å². The summed E-state index contributed by atoms with van der Waals surface area (Å²) in [6.07, 6.45) is 8.36. The van der Waals surface area contributed by atoms with Crippen molar-refractivity contribution < 1.29 is 0 Å². The van der Waals surface area contributed by atoms with Crippen molar-refractivity contribution in [1.29, 1.82) is 0 Å². The van der Waals surface area contributed by atoms with E-state index in [2.05, 4.69) is 45.5 Å². The molecule has 2 heterocycles. The first kappa shape index (κ1) is 15.2. The summed E-state index contributed by atoms with van der Waals surface area (Å²) in [5.74, 6) is 1.86. The molecule has 0 unspecified atom stereocenters. The number of hydrogen-bond donors (Lipinski definition) is 2. The van der Waals surface area contributed by atoms with E-state index in [1.807, 2.05) is 12.3 Å². The smallest absolute Gasteiger partial charge is 0.134 e. The number of hydrogen-bond acceptors (Lipinski definition) is 5. The molecule has 2 aromatic heterocycles. The Hall–Kier alpha value is -2.17. The first-order valence-electron chi connectivity index (χ1n) is 7.55. The third kappa shape index (κ3) is 4.41. The van der Waals surface area contributed by atoms with Crippen LogP contribution in [-0.2, 0) is 13.0 Å². The molecule has 0 radical (unpaired) electrons. The van der Waals surface area contributed by atoms with E-state index in [0.717, 1.165) is 55.1 Å². The lowest BCUT2D eigenvalue weighted by Crippen LogP contribution is -2.11. The number of aromatic nitrogens is 3. The van der Waals surface area contributed by atoms with Gasteiger partial charge in [-0.3, -0.25) is 4.98 Å². The SMILES string of the molecule is CCCNc1ncnc(NCc2cccnc2)c1CCC. The average molecular weight is 285 g/mol. The van der Waals surface area contributed by atoms with E-state index in [-0.39, 0.29) is 0 Å².